The van der Waals surface area contributed by atoms with Crippen LogP contribution in [0.5, 0.6) is 0 Å². The molecule has 8 heteroatoms. The van der Waals surface area contributed by atoms with Crippen LogP contribution < -0.4 is 5.32 Å². The van der Waals surface area contributed by atoms with Crippen molar-refractivity contribution in [1.29, 1.82) is 0 Å². The maximum Gasteiger partial charge on any atom is 0.331 e. The smallest absolute Gasteiger partial charge is 0.331 e. The summed E-state index contributed by atoms with van der Waals surface area (Å²) in [4.78, 5) is 23.9. The minimum atomic E-state index is -3.56. The largest absolute Gasteiger partial charge is 0.452 e. The molecule has 2 aromatic rings. The van der Waals surface area contributed by atoms with Gasteiger partial charge in [0.05, 0.1) is 4.90 Å². The van der Waals surface area contributed by atoms with Crippen LogP contribution in [0.4, 0.5) is 5.69 Å². The van der Waals surface area contributed by atoms with Gasteiger partial charge in [0.2, 0.25) is 10.0 Å². The zero-order valence-electron chi connectivity index (χ0n) is 17.3. The first-order chi connectivity index (χ1) is 14.3. The number of ether oxygens (including phenoxy) is 1. The lowest BCUT2D eigenvalue weighted by molar-refractivity contribution is -0.142. The molecule has 0 spiro atoms. The minimum absolute atomic E-state index is 0.150. The first-order valence-electron chi connectivity index (χ1n) is 9.57. The zero-order valence-corrected chi connectivity index (χ0v) is 18.1. The first-order valence-corrected chi connectivity index (χ1v) is 11.0. The molecule has 0 aliphatic rings. The van der Waals surface area contributed by atoms with Crippen LogP contribution in [0.25, 0.3) is 6.08 Å². The van der Waals surface area contributed by atoms with Crippen molar-refractivity contribution >= 4 is 33.7 Å². The lowest BCUT2D eigenvalue weighted by Gasteiger charge is -2.18. The summed E-state index contributed by atoms with van der Waals surface area (Å²) in [7, 11) is -3.56. The van der Waals surface area contributed by atoms with Crippen LogP contribution in [0, 0.1) is 6.92 Å². The maximum atomic E-state index is 12.5. The molecule has 2 aromatic carbocycles. The topological polar surface area (TPSA) is 92.8 Å². The molecule has 0 saturated carbocycles. The second-order valence-corrected chi connectivity index (χ2v) is 8.45. The number of anilines is 1. The Kier molecular flexibility index (Phi) is 8.32. The second-order valence-electron chi connectivity index (χ2n) is 6.51. The van der Waals surface area contributed by atoms with Gasteiger partial charge in [-0.2, -0.15) is 4.31 Å². The highest BCUT2D eigenvalue weighted by atomic mass is 32.2. The van der Waals surface area contributed by atoms with Gasteiger partial charge in [-0.15, -0.1) is 0 Å². The molecule has 0 aliphatic carbocycles. The molecule has 160 valence electrons. The van der Waals surface area contributed by atoms with Crippen molar-refractivity contribution in [3.05, 3.63) is 65.7 Å². The Bertz CT molecular complexity index is 993. The van der Waals surface area contributed by atoms with Crippen LogP contribution in [0.1, 0.15) is 25.0 Å². The molecule has 1 amide bonds. The molecule has 1 N–H and O–H groups in total. The van der Waals surface area contributed by atoms with Crippen molar-refractivity contribution in [2.75, 3.05) is 25.0 Å². The number of benzene rings is 2. The zero-order chi connectivity index (χ0) is 22.1. The summed E-state index contributed by atoms with van der Waals surface area (Å²) in [5, 5.41) is 2.56. The predicted molar refractivity (Wildman–Crippen MR) is 116 cm³/mol. The number of sulfonamides is 1. The van der Waals surface area contributed by atoms with Gasteiger partial charge in [0.15, 0.2) is 6.61 Å². The summed E-state index contributed by atoms with van der Waals surface area (Å²) in [5.74, 6) is -1.15. The van der Waals surface area contributed by atoms with E-state index >= 15 is 0 Å². The monoisotopic (exact) mass is 430 g/mol. The number of nitrogens with one attached hydrogen (secondary N) is 1. The molecule has 2 rings (SSSR count). The number of carbonyl (C=O) groups is 2. The number of rotatable bonds is 9. The second kappa shape index (κ2) is 10.7. The number of aryl methyl sites for hydroxylation is 1. The van der Waals surface area contributed by atoms with Gasteiger partial charge >= 0.3 is 5.97 Å². The molecule has 7 nitrogen and oxygen atoms in total. The standard InChI is InChI=1S/C22H26N2O5S/c1-4-24(5-2)30(27,28)20-13-11-19(12-14-20)23-21(25)16-29-22(26)15-10-18-8-6-17(3)7-9-18/h6-15H,4-5,16H2,1-3H3,(H,23,25)/b15-10+. The number of hydrogen-bond donors (Lipinski definition) is 1. The molecule has 0 aromatic heterocycles. The van der Waals surface area contributed by atoms with E-state index in [1.165, 1.54) is 34.6 Å². The predicted octanol–water partition coefficient (Wildman–Crippen LogP) is 3.22. The Hall–Kier alpha value is -2.97. The van der Waals surface area contributed by atoms with E-state index in [9.17, 15) is 18.0 Å². The molecule has 0 saturated heterocycles. The Morgan fingerprint density at radius 1 is 1.00 bits per heavy atom. The van der Waals surface area contributed by atoms with Crippen LogP contribution in [0.15, 0.2) is 59.5 Å². The van der Waals surface area contributed by atoms with Gasteiger partial charge < -0.3 is 10.1 Å². The molecule has 0 aliphatic heterocycles. The number of amides is 1. The van der Waals surface area contributed by atoms with E-state index in [4.69, 9.17) is 4.74 Å². The summed E-state index contributed by atoms with van der Waals surface area (Å²) >= 11 is 0. The van der Waals surface area contributed by atoms with E-state index in [0.717, 1.165) is 11.1 Å². The third kappa shape index (κ3) is 6.53. The quantitative estimate of drug-likeness (QED) is 0.487. The summed E-state index contributed by atoms with van der Waals surface area (Å²) < 4.78 is 31.2. The number of carbonyl (C=O) groups excluding carboxylic acids is 2. The van der Waals surface area contributed by atoms with Gasteiger partial charge in [-0.25, -0.2) is 13.2 Å². The summed E-state index contributed by atoms with van der Waals surface area (Å²) in [6.45, 7) is 5.82. The van der Waals surface area contributed by atoms with Crippen molar-refractivity contribution in [1.82, 2.24) is 4.31 Å². The number of esters is 1. The van der Waals surface area contributed by atoms with Gasteiger partial charge in [0.25, 0.3) is 5.91 Å². The normalized spacial score (nSPS) is 11.6. The number of nitrogens with zero attached hydrogens (tertiary/aromatic N) is 1. The lowest BCUT2D eigenvalue weighted by atomic mass is 10.1. The van der Waals surface area contributed by atoms with E-state index < -0.39 is 28.5 Å². The lowest BCUT2D eigenvalue weighted by Crippen LogP contribution is -2.30. The Morgan fingerprint density at radius 3 is 2.17 bits per heavy atom. The fourth-order valence-electron chi connectivity index (χ4n) is 2.65. The Labute approximate surface area is 177 Å². The van der Waals surface area contributed by atoms with Crippen LogP contribution in [0.3, 0.4) is 0 Å². The van der Waals surface area contributed by atoms with Gasteiger partial charge in [0.1, 0.15) is 0 Å². The molecular weight excluding hydrogens is 404 g/mol. The molecular formula is C22H26N2O5S. The van der Waals surface area contributed by atoms with Crippen molar-refractivity contribution in [2.45, 2.75) is 25.7 Å². The third-order valence-corrected chi connectivity index (χ3v) is 6.38. The van der Waals surface area contributed by atoms with E-state index in [2.05, 4.69) is 5.32 Å². The number of hydrogen-bond acceptors (Lipinski definition) is 5. The van der Waals surface area contributed by atoms with Crippen LogP contribution in [-0.2, 0) is 24.3 Å². The highest BCUT2D eigenvalue weighted by Crippen LogP contribution is 2.18. The van der Waals surface area contributed by atoms with E-state index in [1.807, 2.05) is 31.2 Å². The SMILES string of the molecule is CCN(CC)S(=O)(=O)c1ccc(NC(=O)COC(=O)/C=C/c2ccc(C)cc2)cc1. The van der Waals surface area contributed by atoms with E-state index in [0.29, 0.717) is 18.8 Å². The van der Waals surface area contributed by atoms with Crippen molar-refractivity contribution in [2.24, 2.45) is 0 Å². The van der Waals surface area contributed by atoms with Gasteiger partial charge in [-0.05, 0) is 42.8 Å². The molecule has 30 heavy (non-hydrogen) atoms. The molecule has 0 radical (unpaired) electrons. The molecule has 0 unspecified atom stereocenters. The van der Waals surface area contributed by atoms with Crippen LogP contribution >= 0.6 is 0 Å². The first kappa shape index (κ1) is 23.3. The highest BCUT2D eigenvalue weighted by molar-refractivity contribution is 7.89. The molecule has 0 heterocycles. The average Bonchev–Trinajstić information content (AvgIpc) is 2.73. The third-order valence-electron chi connectivity index (χ3n) is 4.32. The van der Waals surface area contributed by atoms with Crippen molar-refractivity contribution < 1.29 is 22.7 Å². The van der Waals surface area contributed by atoms with Gasteiger partial charge in [0, 0.05) is 24.9 Å². The highest BCUT2D eigenvalue weighted by Gasteiger charge is 2.21. The van der Waals surface area contributed by atoms with Gasteiger partial charge in [-0.3, -0.25) is 4.79 Å². The van der Waals surface area contributed by atoms with Crippen LogP contribution in [0.2, 0.25) is 0 Å². The van der Waals surface area contributed by atoms with E-state index in [1.54, 1.807) is 19.9 Å². The maximum absolute atomic E-state index is 12.5. The fourth-order valence-corrected chi connectivity index (χ4v) is 4.10. The van der Waals surface area contributed by atoms with Crippen molar-refractivity contribution in [3.8, 4) is 0 Å². The minimum Gasteiger partial charge on any atom is -0.452 e. The van der Waals surface area contributed by atoms with E-state index in [-0.39, 0.29) is 4.90 Å². The average molecular weight is 431 g/mol. The van der Waals surface area contributed by atoms with Crippen LogP contribution in [-0.4, -0.2) is 44.3 Å². The molecule has 0 bridgehead atoms. The van der Waals surface area contributed by atoms with Crippen molar-refractivity contribution in [3.63, 3.8) is 0 Å². The summed E-state index contributed by atoms with van der Waals surface area (Å²) in [5.41, 5.74) is 2.37. The summed E-state index contributed by atoms with van der Waals surface area (Å²) in [6, 6.07) is 13.4. The Balaban J connectivity index is 1.87. The molecule has 0 atom stereocenters. The Morgan fingerprint density at radius 2 is 1.60 bits per heavy atom. The van der Waals surface area contributed by atoms with Gasteiger partial charge in [-0.1, -0.05) is 43.7 Å². The summed E-state index contributed by atoms with van der Waals surface area (Å²) in [6.07, 6.45) is 2.86. The fraction of sp³-hybridized carbons (Fsp3) is 0.273. The molecule has 0 fully saturated rings.